The van der Waals surface area contributed by atoms with E-state index in [-0.39, 0.29) is 17.5 Å². The van der Waals surface area contributed by atoms with Gasteiger partial charge >= 0.3 is 0 Å². The van der Waals surface area contributed by atoms with Crippen molar-refractivity contribution < 1.29 is 9.53 Å². The molecule has 0 bridgehead atoms. The molecule has 2 aliphatic heterocycles. The van der Waals surface area contributed by atoms with Crippen LogP contribution in [0.4, 0.5) is 0 Å². The molecule has 0 spiro atoms. The number of H-pyrrole nitrogens is 1. The number of aromatic nitrogens is 2. The summed E-state index contributed by atoms with van der Waals surface area (Å²) in [7, 11) is 0. The lowest BCUT2D eigenvalue weighted by Crippen LogP contribution is -2.42. The fourth-order valence-corrected chi connectivity index (χ4v) is 5.44. The van der Waals surface area contributed by atoms with Crippen molar-refractivity contribution in [1.29, 1.82) is 0 Å². The number of nitrogens with one attached hydrogen (secondary N) is 2. The zero-order chi connectivity index (χ0) is 23.1. The van der Waals surface area contributed by atoms with Crippen molar-refractivity contribution in [3.8, 4) is 11.4 Å². The van der Waals surface area contributed by atoms with E-state index in [0.717, 1.165) is 60.5 Å². The Morgan fingerprint density at radius 3 is 2.68 bits per heavy atom. The van der Waals surface area contributed by atoms with Crippen LogP contribution in [0.1, 0.15) is 52.0 Å². The van der Waals surface area contributed by atoms with Gasteiger partial charge in [0.15, 0.2) is 0 Å². The minimum Gasteiger partial charge on any atom is -0.491 e. The van der Waals surface area contributed by atoms with Gasteiger partial charge in [-0.05, 0) is 93.1 Å². The molecule has 7 nitrogen and oxygen atoms in total. The molecule has 1 fully saturated rings. The van der Waals surface area contributed by atoms with Crippen LogP contribution in [0.3, 0.4) is 0 Å². The van der Waals surface area contributed by atoms with Gasteiger partial charge in [-0.25, -0.2) is 4.68 Å². The van der Waals surface area contributed by atoms with Crippen molar-refractivity contribution in [2.45, 2.75) is 51.1 Å². The molecule has 6 rings (SSSR count). The van der Waals surface area contributed by atoms with Gasteiger partial charge in [-0.2, -0.15) is 0 Å². The summed E-state index contributed by atoms with van der Waals surface area (Å²) in [6, 6.07) is 13.6. The summed E-state index contributed by atoms with van der Waals surface area (Å²) in [5.74, 6) is 0.811. The average Bonchev–Trinajstić information content (AvgIpc) is 3.59. The molecule has 1 aromatic heterocycles. The van der Waals surface area contributed by atoms with Crippen LogP contribution >= 0.6 is 0 Å². The number of aryl methyl sites for hydroxylation is 1. The molecule has 3 aliphatic rings. The van der Waals surface area contributed by atoms with Crippen LogP contribution in [-0.2, 0) is 25.8 Å². The molecule has 1 amide bonds. The van der Waals surface area contributed by atoms with Crippen LogP contribution in [0.15, 0.2) is 47.3 Å². The van der Waals surface area contributed by atoms with Gasteiger partial charge in [0.2, 0.25) is 0 Å². The van der Waals surface area contributed by atoms with Gasteiger partial charge in [-0.1, -0.05) is 12.1 Å². The van der Waals surface area contributed by atoms with E-state index in [1.165, 1.54) is 31.5 Å². The zero-order valence-electron chi connectivity index (χ0n) is 19.3. The maximum atomic E-state index is 12.9. The maximum absolute atomic E-state index is 12.9. The summed E-state index contributed by atoms with van der Waals surface area (Å²) in [4.78, 5) is 27.9. The van der Waals surface area contributed by atoms with Crippen LogP contribution < -0.4 is 15.6 Å². The number of benzene rings is 2. The van der Waals surface area contributed by atoms with Crippen molar-refractivity contribution in [2.75, 3.05) is 19.7 Å². The number of amides is 1. The van der Waals surface area contributed by atoms with Gasteiger partial charge in [0.05, 0.1) is 11.7 Å². The molecule has 0 saturated carbocycles. The molecule has 1 aliphatic carbocycles. The van der Waals surface area contributed by atoms with E-state index in [0.29, 0.717) is 12.2 Å². The number of ether oxygens (including phenoxy) is 1. The third-order valence-corrected chi connectivity index (χ3v) is 7.29. The SMILES string of the molecule is O=C(N[C@H]1COc2cc(CN3CCCC3)ccc2C1)c1ccc(-n2[nH]c3c(c2=O)CCC3)cc1. The molecular formula is C27H30N4O3. The van der Waals surface area contributed by atoms with E-state index in [9.17, 15) is 9.59 Å². The first-order valence-corrected chi connectivity index (χ1v) is 12.3. The van der Waals surface area contributed by atoms with Gasteiger partial charge in [-0.15, -0.1) is 0 Å². The molecule has 0 radical (unpaired) electrons. The van der Waals surface area contributed by atoms with E-state index >= 15 is 0 Å². The number of fused-ring (bicyclic) bond motifs is 2. The third-order valence-electron chi connectivity index (χ3n) is 7.29. The lowest BCUT2D eigenvalue weighted by atomic mass is 10.00. The Kier molecular flexibility index (Phi) is 5.49. The van der Waals surface area contributed by atoms with E-state index in [1.807, 2.05) is 12.1 Å². The number of rotatable bonds is 5. The Hall–Kier alpha value is -3.32. The van der Waals surface area contributed by atoms with Crippen LogP contribution in [0.2, 0.25) is 0 Å². The topological polar surface area (TPSA) is 79.4 Å². The number of likely N-dealkylation sites (tertiary alicyclic amines) is 1. The Balaban J connectivity index is 1.09. The number of aromatic amines is 1. The predicted molar refractivity (Wildman–Crippen MR) is 130 cm³/mol. The van der Waals surface area contributed by atoms with E-state index in [1.54, 1.807) is 16.8 Å². The minimum atomic E-state index is -0.129. The lowest BCUT2D eigenvalue weighted by molar-refractivity contribution is 0.0915. The molecule has 34 heavy (non-hydrogen) atoms. The average molecular weight is 459 g/mol. The van der Waals surface area contributed by atoms with Gasteiger partial charge in [0.25, 0.3) is 11.5 Å². The minimum absolute atomic E-state index is 0.0197. The standard InChI is InChI=1S/C27H30N4O3/c32-26(19-8-10-22(11-9-19)31-27(33)23-4-3-5-24(23)29-31)28-21-15-20-7-6-18(14-25(20)34-17-21)16-30-12-1-2-13-30/h6-11,14,21,29H,1-5,12-13,15-17H2,(H,28,32)/t21-/m1/s1. The molecule has 0 unspecified atom stereocenters. The second kappa shape index (κ2) is 8.80. The first-order chi connectivity index (χ1) is 16.6. The van der Waals surface area contributed by atoms with Gasteiger partial charge in [-0.3, -0.25) is 19.6 Å². The second-order valence-electron chi connectivity index (χ2n) is 9.72. The highest BCUT2D eigenvalue weighted by atomic mass is 16.5. The van der Waals surface area contributed by atoms with E-state index in [4.69, 9.17) is 4.74 Å². The molecule has 1 atom stereocenters. The number of hydrogen-bond acceptors (Lipinski definition) is 4. The highest BCUT2D eigenvalue weighted by molar-refractivity contribution is 5.94. The number of carbonyl (C=O) groups is 1. The third kappa shape index (κ3) is 4.05. The first kappa shape index (κ1) is 21.2. The monoisotopic (exact) mass is 458 g/mol. The summed E-state index contributed by atoms with van der Waals surface area (Å²) in [6.07, 6.45) is 6.13. The fraction of sp³-hybridized carbons (Fsp3) is 0.407. The van der Waals surface area contributed by atoms with E-state index < -0.39 is 0 Å². The quantitative estimate of drug-likeness (QED) is 0.616. The number of nitrogens with zero attached hydrogens (tertiary/aromatic N) is 2. The zero-order valence-corrected chi connectivity index (χ0v) is 19.3. The fourth-order valence-electron chi connectivity index (χ4n) is 5.44. The smallest absolute Gasteiger partial charge is 0.274 e. The van der Waals surface area contributed by atoms with Crippen LogP contribution in [0, 0.1) is 0 Å². The normalized spacial score (nSPS) is 19.5. The summed E-state index contributed by atoms with van der Waals surface area (Å²) in [5, 5.41) is 6.31. The number of hydrogen-bond donors (Lipinski definition) is 2. The second-order valence-corrected chi connectivity index (χ2v) is 9.72. The van der Waals surface area contributed by atoms with Crippen molar-refractivity contribution >= 4 is 5.91 Å². The predicted octanol–water partition coefficient (Wildman–Crippen LogP) is 2.98. The van der Waals surface area contributed by atoms with Crippen molar-refractivity contribution in [2.24, 2.45) is 0 Å². The Morgan fingerprint density at radius 2 is 1.88 bits per heavy atom. The summed E-state index contributed by atoms with van der Waals surface area (Å²) < 4.78 is 7.60. The summed E-state index contributed by atoms with van der Waals surface area (Å²) in [6.45, 7) is 3.80. The van der Waals surface area contributed by atoms with Crippen LogP contribution in [0.25, 0.3) is 5.69 Å². The van der Waals surface area contributed by atoms with E-state index in [2.05, 4.69) is 33.5 Å². The molecule has 1 saturated heterocycles. The van der Waals surface area contributed by atoms with Crippen molar-refractivity contribution in [3.63, 3.8) is 0 Å². The first-order valence-electron chi connectivity index (χ1n) is 12.3. The molecule has 2 N–H and O–H groups in total. The largest absolute Gasteiger partial charge is 0.491 e. The van der Waals surface area contributed by atoms with Crippen LogP contribution in [0.5, 0.6) is 5.75 Å². The van der Waals surface area contributed by atoms with Gasteiger partial charge < -0.3 is 10.1 Å². The van der Waals surface area contributed by atoms with Crippen molar-refractivity contribution in [1.82, 2.24) is 20.0 Å². The highest BCUT2D eigenvalue weighted by Crippen LogP contribution is 2.27. The van der Waals surface area contributed by atoms with Crippen LogP contribution in [-0.4, -0.2) is 46.3 Å². The molecule has 3 heterocycles. The Morgan fingerprint density at radius 1 is 1.06 bits per heavy atom. The van der Waals surface area contributed by atoms with Crippen molar-refractivity contribution in [3.05, 3.63) is 80.8 Å². The molecule has 2 aromatic carbocycles. The summed E-state index contributed by atoms with van der Waals surface area (Å²) in [5.41, 5.74) is 5.69. The Labute approximate surface area is 198 Å². The van der Waals surface area contributed by atoms with Gasteiger partial charge in [0, 0.05) is 23.4 Å². The highest BCUT2D eigenvalue weighted by Gasteiger charge is 2.23. The summed E-state index contributed by atoms with van der Waals surface area (Å²) >= 11 is 0. The maximum Gasteiger partial charge on any atom is 0.274 e. The number of carbonyl (C=O) groups excluding carboxylic acids is 1. The molecule has 3 aromatic rings. The molecule has 7 heteroatoms. The molecular weight excluding hydrogens is 428 g/mol. The van der Waals surface area contributed by atoms with Gasteiger partial charge in [0.1, 0.15) is 12.4 Å². The Bertz CT molecular complexity index is 1270. The molecule has 176 valence electrons. The lowest BCUT2D eigenvalue weighted by Gasteiger charge is -2.27.